The van der Waals surface area contributed by atoms with Crippen LogP contribution in [0.15, 0.2) is 206 Å². The SMILES string of the molecule is c1ccc2c(c#1)C1(c3ccccc3O2)c2ccccc2-c2ccc(N(c3ccccc3)c3ccc4c(c3)sc3ccc(N(c5ccccc5)c5ccccc5)cc34)cc21. The predicted molar refractivity (Wildman–Crippen MR) is 244 cm³/mol. The van der Waals surface area contributed by atoms with E-state index < -0.39 is 5.41 Å². The molecule has 1 atom stereocenters. The Kier molecular flexibility index (Phi) is 7.53. The van der Waals surface area contributed by atoms with Gasteiger partial charge in [0, 0.05) is 59.9 Å². The van der Waals surface area contributed by atoms with Crippen molar-refractivity contribution in [3.05, 3.63) is 241 Å². The summed E-state index contributed by atoms with van der Waals surface area (Å²) in [6, 6.07) is 80.8. The molecule has 4 heteroatoms. The van der Waals surface area contributed by atoms with Crippen LogP contribution in [0.1, 0.15) is 22.3 Å². The number of thiophene rings is 1. The number of ether oxygens (including phenoxy) is 1. The van der Waals surface area contributed by atoms with Crippen molar-refractivity contribution in [2.24, 2.45) is 0 Å². The van der Waals surface area contributed by atoms with E-state index in [1.165, 1.54) is 42.4 Å². The maximum atomic E-state index is 6.58. The van der Waals surface area contributed by atoms with Gasteiger partial charge in [-0.25, -0.2) is 0 Å². The lowest BCUT2D eigenvalue weighted by atomic mass is 9.66. The van der Waals surface area contributed by atoms with Crippen molar-refractivity contribution >= 4 is 65.6 Å². The predicted octanol–water partition coefficient (Wildman–Crippen LogP) is 15.1. The third-order valence-electron chi connectivity index (χ3n) is 11.9. The molecule has 9 aromatic carbocycles. The largest absolute Gasteiger partial charge is 0.456 e. The molecule has 1 spiro atoms. The van der Waals surface area contributed by atoms with E-state index in [1.54, 1.807) is 0 Å². The molecule has 1 aromatic heterocycles. The zero-order valence-corrected chi connectivity index (χ0v) is 32.7. The van der Waals surface area contributed by atoms with Gasteiger partial charge in [0.15, 0.2) is 0 Å². The summed E-state index contributed by atoms with van der Waals surface area (Å²) in [5.41, 5.74) is 13.0. The van der Waals surface area contributed by atoms with Crippen molar-refractivity contribution in [1.82, 2.24) is 0 Å². The average Bonchev–Trinajstić information content (AvgIpc) is 3.80. The molecule has 0 radical (unpaired) electrons. The topological polar surface area (TPSA) is 15.7 Å². The van der Waals surface area contributed by atoms with Crippen molar-refractivity contribution in [2.75, 3.05) is 9.80 Å². The van der Waals surface area contributed by atoms with Gasteiger partial charge < -0.3 is 14.5 Å². The summed E-state index contributed by atoms with van der Waals surface area (Å²) in [6.45, 7) is 0. The van der Waals surface area contributed by atoms with Gasteiger partial charge in [-0.1, -0.05) is 121 Å². The highest BCUT2D eigenvalue weighted by Crippen LogP contribution is 2.62. The molecule has 10 aromatic rings. The van der Waals surface area contributed by atoms with E-state index in [4.69, 9.17) is 4.74 Å². The third kappa shape index (κ3) is 5.09. The molecule has 1 aliphatic carbocycles. The molecule has 2 heterocycles. The molecule has 0 saturated heterocycles. The highest BCUT2D eigenvalue weighted by molar-refractivity contribution is 7.25. The number of hydrogen-bond donors (Lipinski definition) is 0. The summed E-state index contributed by atoms with van der Waals surface area (Å²) in [5, 5.41) is 2.49. The molecule has 0 bridgehead atoms. The number of nitrogens with zero attached hydrogens (tertiary/aromatic N) is 2. The fourth-order valence-corrected chi connectivity index (χ4v) is 10.6. The molecular formula is C55H34N2OS. The van der Waals surface area contributed by atoms with E-state index >= 15 is 0 Å². The summed E-state index contributed by atoms with van der Waals surface area (Å²) >= 11 is 1.84. The fraction of sp³-hybridized carbons (Fsp3) is 0.0182. The van der Waals surface area contributed by atoms with Crippen LogP contribution in [-0.4, -0.2) is 0 Å². The van der Waals surface area contributed by atoms with Gasteiger partial charge in [0.25, 0.3) is 0 Å². The Balaban J connectivity index is 1.03. The van der Waals surface area contributed by atoms with Crippen LogP contribution in [-0.2, 0) is 5.41 Å². The lowest BCUT2D eigenvalue weighted by Gasteiger charge is -2.38. The molecule has 0 saturated carbocycles. The lowest BCUT2D eigenvalue weighted by Crippen LogP contribution is -2.32. The van der Waals surface area contributed by atoms with Crippen molar-refractivity contribution in [3.8, 4) is 22.6 Å². The minimum Gasteiger partial charge on any atom is -0.456 e. The van der Waals surface area contributed by atoms with Crippen molar-refractivity contribution in [3.63, 3.8) is 0 Å². The molecule has 59 heavy (non-hydrogen) atoms. The van der Waals surface area contributed by atoms with Gasteiger partial charge >= 0.3 is 0 Å². The Bertz CT molecular complexity index is 3130. The molecule has 1 unspecified atom stereocenters. The molecule has 2 aliphatic rings. The molecule has 276 valence electrons. The first kappa shape index (κ1) is 33.5. The summed E-state index contributed by atoms with van der Waals surface area (Å²) in [4.78, 5) is 4.73. The zero-order chi connectivity index (χ0) is 38.9. The number of para-hydroxylation sites is 4. The summed E-state index contributed by atoms with van der Waals surface area (Å²) in [5.74, 6) is 1.67. The van der Waals surface area contributed by atoms with Crippen LogP contribution in [0.4, 0.5) is 34.1 Å². The summed E-state index contributed by atoms with van der Waals surface area (Å²) in [7, 11) is 0. The van der Waals surface area contributed by atoms with Crippen LogP contribution in [0, 0.1) is 12.1 Å². The van der Waals surface area contributed by atoms with Gasteiger partial charge in [-0.2, -0.15) is 0 Å². The van der Waals surface area contributed by atoms with E-state index in [1.807, 2.05) is 23.5 Å². The second-order valence-corrected chi connectivity index (χ2v) is 16.2. The Labute approximate surface area is 347 Å². The molecule has 3 nitrogen and oxygen atoms in total. The second-order valence-electron chi connectivity index (χ2n) is 15.1. The highest BCUT2D eigenvalue weighted by Gasteiger charge is 2.51. The van der Waals surface area contributed by atoms with Crippen LogP contribution >= 0.6 is 11.3 Å². The molecule has 1 aliphatic heterocycles. The smallest absolute Gasteiger partial charge is 0.141 e. The minimum atomic E-state index is -0.632. The monoisotopic (exact) mass is 770 g/mol. The van der Waals surface area contributed by atoms with Crippen LogP contribution in [0.3, 0.4) is 0 Å². The number of hydrogen-bond acceptors (Lipinski definition) is 4. The van der Waals surface area contributed by atoms with Crippen LogP contribution in [0.5, 0.6) is 11.5 Å². The minimum absolute atomic E-state index is 0.632. The maximum Gasteiger partial charge on any atom is 0.141 e. The molecule has 0 N–H and O–H groups in total. The number of benzene rings is 8. The standard InChI is InChI=1S/C55H34N2OS/c1-4-16-37(17-5-1)56(38-18-6-2-7-19-38)40-30-33-53-46(34-40)45-32-29-42(36-54(45)59-53)57(39-20-8-3-9-21-39)41-28-31-44-43-22-10-11-23-47(43)55(50(44)35-41)48-24-12-14-26-51(48)58-52-27-15-13-25-49(52)55/h1-12,14-24,26-36H. The van der Waals surface area contributed by atoms with Crippen molar-refractivity contribution < 1.29 is 4.74 Å². The first-order chi connectivity index (χ1) is 29.3. The van der Waals surface area contributed by atoms with Gasteiger partial charge in [0.1, 0.15) is 11.5 Å². The Morgan fingerprint density at radius 3 is 1.73 bits per heavy atom. The number of rotatable bonds is 6. The quantitative estimate of drug-likeness (QED) is 0.167. The van der Waals surface area contributed by atoms with Crippen LogP contribution in [0.2, 0.25) is 0 Å². The van der Waals surface area contributed by atoms with Gasteiger partial charge in [0.2, 0.25) is 0 Å². The van der Waals surface area contributed by atoms with E-state index in [9.17, 15) is 0 Å². The summed E-state index contributed by atoms with van der Waals surface area (Å²) < 4.78 is 9.08. The zero-order valence-electron chi connectivity index (χ0n) is 31.8. The van der Waals surface area contributed by atoms with Crippen LogP contribution < -0.4 is 14.5 Å². The summed E-state index contributed by atoms with van der Waals surface area (Å²) in [6.07, 6.45) is 0. The molecule has 12 rings (SSSR count). The fourth-order valence-electron chi connectivity index (χ4n) is 9.48. The lowest BCUT2D eigenvalue weighted by molar-refractivity contribution is 0.436. The maximum absolute atomic E-state index is 6.58. The average molecular weight is 771 g/mol. The van der Waals surface area contributed by atoms with Crippen LogP contribution in [0.25, 0.3) is 31.3 Å². The first-order valence-electron chi connectivity index (χ1n) is 19.9. The van der Waals surface area contributed by atoms with E-state index in [0.717, 1.165) is 56.8 Å². The second kappa shape index (κ2) is 13.2. The van der Waals surface area contributed by atoms with Crippen molar-refractivity contribution in [1.29, 1.82) is 0 Å². The Morgan fingerprint density at radius 1 is 0.407 bits per heavy atom. The molecule has 0 amide bonds. The third-order valence-corrected chi connectivity index (χ3v) is 13.1. The molecular weight excluding hydrogens is 737 g/mol. The van der Waals surface area contributed by atoms with E-state index in [-0.39, 0.29) is 0 Å². The van der Waals surface area contributed by atoms with Gasteiger partial charge in [-0.15, -0.1) is 11.3 Å². The first-order valence-corrected chi connectivity index (χ1v) is 20.7. The normalized spacial score (nSPS) is 12.9. The number of fused-ring (bicyclic) bond motifs is 12. The Morgan fingerprint density at radius 2 is 0.983 bits per heavy atom. The van der Waals surface area contributed by atoms with Gasteiger partial charge in [-0.3, -0.25) is 0 Å². The Hall–Kier alpha value is -7.58. The van der Waals surface area contributed by atoms with E-state index in [2.05, 4.69) is 216 Å². The molecule has 0 fully saturated rings. The number of anilines is 6. The van der Waals surface area contributed by atoms with Gasteiger partial charge in [0.05, 0.1) is 11.0 Å². The van der Waals surface area contributed by atoms with Gasteiger partial charge in [-0.05, 0) is 119 Å². The van der Waals surface area contributed by atoms with Crippen molar-refractivity contribution in [2.45, 2.75) is 5.41 Å². The highest BCUT2D eigenvalue weighted by atomic mass is 32.1. The van der Waals surface area contributed by atoms with E-state index in [0.29, 0.717) is 0 Å².